The van der Waals surface area contributed by atoms with Crippen molar-refractivity contribution in [2.75, 3.05) is 13.1 Å². The van der Waals surface area contributed by atoms with E-state index in [1.807, 2.05) is 11.0 Å². The van der Waals surface area contributed by atoms with Gasteiger partial charge in [-0.15, -0.1) is 0 Å². The molecule has 0 aromatic heterocycles. The maximum Gasteiger partial charge on any atom is 0.370 e. The number of nitrogen functional groups attached to an aromatic ring is 1. The molecule has 1 saturated heterocycles. The first-order valence-corrected chi connectivity index (χ1v) is 12.9. The first-order chi connectivity index (χ1) is 16.6. The number of ether oxygens (including phenoxy) is 2. The number of hydrogen-bond acceptors (Lipinski definition) is 5. The molecule has 184 valence electrons. The van der Waals surface area contributed by atoms with Crippen molar-refractivity contribution in [3.05, 3.63) is 71.8 Å². The van der Waals surface area contributed by atoms with Crippen molar-refractivity contribution in [1.29, 1.82) is 10.8 Å². The highest BCUT2D eigenvalue weighted by atomic mass is 31.2. The molecular weight excluding hydrogens is 467 g/mol. The first-order valence-electron chi connectivity index (χ1n) is 11.3. The lowest BCUT2D eigenvalue weighted by Gasteiger charge is -2.32. The Hall–Kier alpha value is -3.39. The van der Waals surface area contributed by atoms with Gasteiger partial charge in [-0.3, -0.25) is 15.4 Å². The van der Waals surface area contributed by atoms with Crippen LogP contribution in [-0.2, 0) is 4.57 Å². The largest absolute Gasteiger partial charge is 0.490 e. The lowest BCUT2D eigenvalue weighted by atomic mass is 10.1. The average molecular weight is 497 g/mol. The number of likely N-dealkylation sites (tertiary alicyclic amines) is 1. The average Bonchev–Trinajstić information content (AvgIpc) is 2.82. The quantitative estimate of drug-likeness (QED) is 0.186. The number of hydrogen-bond donors (Lipinski definition) is 5. The maximum atomic E-state index is 12.3. The molecule has 35 heavy (non-hydrogen) atoms. The molecule has 1 fully saturated rings. The number of amidine groups is 2. The highest BCUT2D eigenvalue weighted by Crippen LogP contribution is 2.52. The molecule has 3 aromatic carbocycles. The van der Waals surface area contributed by atoms with E-state index in [4.69, 9.17) is 26.0 Å². The molecule has 3 aromatic rings. The maximum absolute atomic E-state index is 12.3. The molecule has 6 N–H and O–H groups in total. The third-order valence-corrected chi connectivity index (χ3v) is 7.07. The Balaban J connectivity index is 1.50. The third-order valence-electron chi connectivity index (χ3n) is 6.06. The van der Waals surface area contributed by atoms with E-state index in [1.165, 1.54) is 0 Å². The van der Waals surface area contributed by atoms with Crippen molar-refractivity contribution in [2.24, 2.45) is 5.73 Å². The van der Waals surface area contributed by atoms with Gasteiger partial charge in [-0.1, -0.05) is 30.3 Å². The fourth-order valence-electron chi connectivity index (χ4n) is 4.14. The van der Waals surface area contributed by atoms with Gasteiger partial charge in [-0.2, -0.15) is 0 Å². The zero-order valence-electron chi connectivity index (χ0n) is 19.3. The zero-order valence-corrected chi connectivity index (χ0v) is 20.2. The summed E-state index contributed by atoms with van der Waals surface area (Å²) >= 11 is 0. The summed E-state index contributed by atoms with van der Waals surface area (Å²) in [5.41, 5.74) is 6.46. The molecule has 1 heterocycles. The Bertz CT molecular complexity index is 1280. The molecule has 1 aliphatic rings. The molecule has 4 rings (SSSR count). The molecule has 1 unspecified atom stereocenters. The van der Waals surface area contributed by atoms with Crippen LogP contribution < -0.4 is 15.2 Å². The van der Waals surface area contributed by atoms with Crippen LogP contribution >= 0.6 is 7.60 Å². The van der Waals surface area contributed by atoms with Crippen LogP contribution in [0.25, 0.3) is 10.8 Å². The summed E-state index contributed by atoms with van der Waals surface area (Å²) in [6.45, 7) is 3.32. The summed E-state index contributed by atoms with van der Waals surface area (Å²) in [5, 5.41) is 17.0. The smallest absolute Gasteiger partial charge is 0.370 e. The summed E-state index contributed by atoms with van der Waals surface area (Å²) in [4.78, 5) is 22.0. The van der Waals surface area contributed by atoms with E-state index in [-0.39, 0.29) is 11.9 Å². The van der Waals surface area contributed by atoms with Crippen LogP contribution in [-0.4, -0.2) is 45.6 Å². The molecular formula is C25H29N4O5P. The van der Waals surface area contributed by atoms with Gasteiger partial charge in [-0.25, -0.2) is 0 Å². The van der Waals surface area contributed by atoms with E-state index in [2.05, 4.69) is 0 Å². The van der Waals surface area contributed by atoms with Crippen LogP contribution in [0.5, 0.6) is 11.5 Å². The first kappa shape index (κ1) is 24.7. The van der Waals surface area contributed by atoms with Gasteiger partial charge in [0.25, 0.3) is 0 Å². The van der Waals surface area contributed by atoms with Crippen LogP contribution in [0.3, 0.4) is 0 Å². The molecule has 0 aliphatic carbocycles. The number of benzene rings is 3. The van der Waals surface area contributed by atoms with Gasteiger partial charge in [0.1, 0.15) is 23.4 Å². The number of fused-ring (bicyclic) bond motifs is 1. The van der Waals surface area contributed by atoms with Crippen molar-refractivity contribution in [3.63, 3.8) is 0 Å². The van der Waals surface area contributed by atoms with Gasteiger partial charge in [-0.05, 0) is 48.0 Å². The molecule has 0 bridgehead atoms. The molecule has 9 nitrogen and oxygen atoms in total. The summed E-state index contributed by atoms with van der Waals surface area (Å²) in [6, 6.07) is 17.0. The number of nitrogens with one attached hydrogen (secondary N) is 2. The van der Waals surface area contributed by atoms with Crippen molar-refractivity contribution in [3.8, 4) is 11.5 Å². The van der Waals surface area contributed by atoms with Gasteiger partial charge >= 0.3 is 7.60 Å². The number of rotatable bonds is 7. The summed E-state index contributed by atoms with van der Waals surface area (Å²) in [7, 11) is -4.66. The van der Waals surface area contributed by atoms with E-state index >= 15 is 0 Å². The van der Waals surface area contributed by atoms with E-state index < -0.39 is 13.4 Å². The SMILES string of the molecule is CC(=N)N1CCC(Oc2ccc(C(Oc3ccc4ccc(C(=N)N)cc4c3)P(=O)(O)O)cc2)CC1. The fourth-order valence-corrected chi connectivity index (χ4v) is 4.96. The van der Waals surface area contributed by atoms with Crippen LogP contribution in [0.4, 0.5) is 0 Å². The Morgan fingerprint density at radius 1 is 1.00 bits per heavy atom. The van der Waals surface area contributed by atoms with Crippen LogP contribution in [0.1, 0.15) is 36.7 Å². The molecule has 10 heteroatoms. The third kappa shape index (κ3) is 6.00. The van der Waals surface area contributed by atoms with E-state index in [0.717, 1.165) is 36.7 Å². The lowest BCUT2D eigenvalue weighted by molar-refractivity contribution is 0.130. The minimum Gasteiger partial charge on any atom is -0.490 e. The Morgan fingerprint density at radius 2 is 1.63 bits per heavy atom. The second-order valence-corrected chi connectivity index (χ2v) is 10.3. The van der Waals surface area contributed by atoms with Gasteiger partial charge in [0.05, 0.1) is 5.84 Å². The monoisotopic (exact) mass is 496 g/mol. The highest BCUT2D eigenvalue weighted by Gasteiger charge is 2.33. The second-order valence-electron chi connectivity index (χ2n) is 8.66. The van der Waals surface area contributed by atoms with E-state index in [9.17, 15) is 14.4 Å². The normalized spacial score (nSPS) is 15.6. The summed E-state index contributed by atoms with van der Waals surface area (Å²) in [5.74, 6) is -0.0828. The molecule has 1 atom stereocenters. The molecule has 0 radical (unpaired) electrons. The van der Waals surface area contributed by atoms with Gasteiger partial charge in [0, 0.05) is 37.1 Å². The minimum absolute atomic E-state index is 0.0303. The zero-order chi connectivity index (χ0) is 25.2. The predicted molar refractivity (Wildman–Crippen MR) is 135 cm³/mol. The summed E-state index contributed by atoms with van der Waals surface area (Å²) in [6.07, 6.45) is 1.64. The minimum atomic E-state index is -4.66. The number of piperidine rings is 1. The standard InChI is InChI=1S/C25H29N4O5P/c1-16(26)29-12-10-22(11-13-29)33-21-7-5-18(6-8-21)25(35(30,31)32)34-23-9-4-17-2-3-19(24(27)28)14-20(17)15-23/h2-9,14-15,22,25-26H,10-13H2,1H3,(H3,27,28)(H2,30,31,32). The molecule has 1 aliphatic heterocycles. The van der Waals surface area contributed by atoms with Gasteiger partial charge < -0.3 is 29.9 Å². The number of nitrogens with zero attached hydrogens (tertiary/aromatic N) is 1. The predicted octanol–water partition coefficient (Wildman–Crippen LogP) is 4.22. The highest BCUT2D eigenvalue weighted by molar-refractivity contribution is 7.52. The number of nitrogens with two attached hydrogens (primary N) is 1. The Kier molecular flexibility index (Phi) is 7.12. The van der Waals surface area contributed by atoms with Gasteiger partial charge in [0.2, 0.25) is 5.85 Å². The van der Waals surface area contributed by atoms with Crippen molar-refractivity contribution < 1.29 is 23.8 Å². The van der Waals surface area contributed by atoms with Crippen LogP contribution in [0.2, 0.25) is 0 Å². The summed E-state index contributed by atoms with van der Waals surface area (Å²) < 4.78 is 24.1. The van der Waals surface area contributed by atoms with Crippen molar-refractivity contribution in [2.45, 2.75) is 31.7 Å². The fraction of sp³-hybridized carbons (Fsp3) is 0.280. The molecule has 0 amide bonds. The van der Waals surface area contributed by atoms with E-state index in [1.54, 1.807) is 61.5 Å². The van der Waals surface area contributed by atoms with E-state index in [0.29, 0.717) is 28.5 Å². The van der Waals surface area contributed by atoms with Crippen LogP contribution in [0.15, 0.2) is 60.7 Å². The molecule has 0 saturated carbocycles. The van der Waals surface area contributed by atoms with Crippen molar-refractivity contribution >= 4 is 30.0 Å². The lowest BCUT2D eigenvalue weighted by Crippen LogP contribution is -2.40. The topological polar surface area (TPSA) is 153 Å². The Morgan fingerprint density at radius 3 is 2.23 bits per heavy atom. The van der Waals surface area contributed by atoms with Gasteiger partial charge in [0.15, 0.2) is 0 Å². The van der Waals surface area contributed by atoms with Crippen LogP contribution in [0, 0.1) is 10.8 Å². The second kappa shape index (κ2) is 10.1. The van der Waals surface area contributed by atoms with Crippen molar-refractivity contribution in [1.82, 2.24) is 4.90 Å². The molecule has 0 spiro atoms. The Labute approximate surface area is 203 Å².